The summed E-state index contributed by atoms with van der Waals surface area (Å²) in [5.41, 5.74) is 2.14. The summed E-state index contributed by atoms with van der Waals surface area (Å²) >= 11 is 3.24. The first-order valence-electron chi connectivity index (χ1n) is 10.6. The number of hydrogen-bond donors (Lipinski definition) is 1. The fourth-order valence-corrected chi connectivity index (χ4v) is 5.59. The molecule has 7 heteroatoms. The summed E-state index contributed by atoms with van der Waals surface area (Å²) in [6.07, 6.45) is 4.91. The minimum atomic E-state index is -0.378. The molecule has 5 nitrogen and oxygen atoms in total. The summed E-state index contributed by atoms with van der Waals surface area (Å²) in [6, 6.07) is 12.3. The van der Waals surface area contributed by atoms with Gasteiger partial charge in [-0.25, -0.2) is 4.79 Å². The van der Waals surface area contributed by atoms with Crippen molar-refractivity contribution < 1.29 is 19.4 Å². The van der Waals surface area contributed by atoms with E-state index in [0.717, 1.165) is 47.6 Å². The third-order valence-electron chi connectivity index (χ3n) is 5.23. The number of carbonyl (C=O) groups excluding carboxylic acids is 1. The van der Waals surface area contributed by atoms with Gasteiger partial charge in [0.05, 0.1) is 32.5 Å². The zero-order chi connectivity index (χ0) is 21.3. The fraction of sp³-hybridized carbons (Fsp3) is 0.522. The molecule has 2 atom stereocenters. The highest BCUT2D eigenvalue weighted by atomic mass is 32.2. The molecule has 3 rings (SSSR count). The number of esters is 1. The van der Waals surface area contributed by atoms with E-state index in [9.17, 15) is 9.90 Å². The molecule has 164 valence electrons. The number of thiophene rings is 1. The maximum absolute atomic E-state index is 11.6. The van der Waals surface area contributed by atoms with E-state index >= 15 is 0 Å². The standard InChI is InChI=1S/C23H31NO4S2/c1-3-4-5-6-21(25)17-7-9-18(10-8-17)24-19(13-14-29-24)15-28-16-20-11-12-22(30-20)23(26)27-2/h7-12,19,21,25H,3-6,13-16H2,1-2H3. The molecule has 2 aromatic rings. The van der Waals surface area contributed by atoms with Crippen LogP contribution in [0, 0.1) is 0 Å². The van der Waals surface area contributed by atoms with Crippen molar-refractivity contribution in [3.8, 4) is 0 Å². The normalized spacial score (nSPS) is 17.3. The topological polar surface area (TPSA) is 59.0 Å². The van der Waals surface area contributed by atoms with Crippen molar-refractivity contribution in [1.29, 1.82) is 0 Å². The van der Waals surface area contributed by atoms with Gasteiger partial charge < -0.3 is 18.9 Å². The summed E-state index contributed by atoms with van der Waals surface area (Å²) in [6.45, 7) is 3.31. The maximum atomic E-state index is 11.6. The van der Waals surface area contributed by atoms with Crippen LogP contribution in [0.15, 0.2) is 36.4 Å². The lowest BCUT2D eigenvalue weighted by molar-refractivity contribution is 0.0606. The Morgan fingerprint density at radius 3 is 2.77 bits per heavy atom. The highest BCUT2D eigenvalue weighted by Gasteiger charge is 2.26. The molecule has 0 bridgehead atoms. The van der Waals surface area contributed by atoms with Crippen LogP contribution in [0.5, 0.6) is 0 Å². The van der Waals surface area contributed by atoms with E-state index in [1.807, 2.05) is 30.1 Å². The van der Waals surface area contributed by atoms with Crippen molar-refractivity contribution in [3.63, 3.8) is 0 Å². The van der Waals surface area contributed by atoms with Crippen molar-refractivity contribution in [2.24, 2.45) is 0 Å². The minimum absolute atomic E-state index is 0.302. The van der Waals surface area contributed by atoms with Crippen molar-refractivity contribution in [3.05, 3.63) is 51.7 Å². The van der Waals surface area contributed by atoms with Gasteiger partial charge in [0.2, 0.25) is 0 Å². The average Bonchev–Trinajstić information content (AvgIpc) is 3.43. The lowest BCUT2D eigenvalue weighted by Crippen LogP contribution is -2.28. The van der Waals surface area contributed by atoms with Gasteiger partial charge in [-0.05, 0) is 54.6 Å². The number of hydrogen-bond acceptors (Lipinski definition) is 7. The van der Waals surface area contributed by atoms with Gasteiger partial charge in [-0.1, -0.05) is 38.3 Å². The largest absolute Gasteiger partial charge is 0.465 e. The Morgan fingerprint density at radius 2 is 2.03 bits per heavy atom. The van der Waals surface area contributed by atoms with Crippen molar-refractivity contribution in [1.82, 2.24) is 0 Å². The van der Waals surface area contributed by atoms with Crippen molar-refractivity contribution in [2.75, 3.05) is 23.8 Å². The molecule has 0 radical (unpaired) electrons. The van der Waals surface area contributed by atoms with Crippen LogP contribution < -0.4 is 4.31 Å². The van der Waals surface area contributed by atoms with Gasteiger partial charge in [-0.2, -0.15) is 0 Å². The smallest absolute Gasteiger partial charge is 0.348 e. The molecule has 0 saturated carbocycles. The molecular weight excluding hydrogens is 418 g/mol. The van der Waals surface area contributed by atoms with E-state index in [2.05, 4.69) is 23.4 Å². The predicted molar refractivity (Wildman–Crippen MR) is 124 cm³/mol. The minimum Gasteiger partial charge on any atom is -0.465 e. The number of benzene rings is 1. The van der Waals surface area contributed by atoms with E-state index in [1.54, 1.807) is 6.07 Å². The number of methoxy groups -OCH3 is 1. The zero-order valence-electron chi connectivity index (χ0n) is 17.7. The summed E-state index contributed by atoms with van der Waals surface area (Å²) < 4.78 is 13.0. The second-order valence-electron chi connectivity index (χ2n) is 7.48. The maximum Gasteiger partial charge on any atom is 0.348 e. The first-order valence-corrected chi connectivity index (χ1v) is 12.3. The quantitative estimate of drug-likeness (QED) is 0.274. The Hall–Kier alpha value is -1.54. The average molecular weight is 450 g/mol. The Morgan fingerprint density at radius 1 is 1.23 bits per heavy atom. The van der Waals surface area contributed by atoms with Crippen LogP contribution >= 0.6 is 23.3 Å². The molecule has 1 aliphatic heterocycles. The van der Waals surface area contributed by atoms with Crippen LogP contribution in [-0.2, 0) is 16.1 Å². The second-order valence-corrected chi connectivity index (χ2v) is 9.71. The molecule has 0 spiro atoms. The molecule has 1 N–H and O–H groups in total. The summed E-state index contributed by atoms with van der Waals surface area (Å²) in [5, 5.41) is 10.4. The molecule has 1 aromatic heterocycles. The van der Waals surface area contributed by atoms with Crippen LogP contribution in [0.3, 0.4) is 0 Å². The molecule has 1 aromatic carbocycles. The molecule has 2 unspecified atom stereocenters. The summed E-state index contributed by atoms with van der Waals surface area (Å²) in [4.78, 5) is 13.2. The van der Waals surface area contributed by atoms with Crippen molar-refractivity contribution >= 4 is 34.9 Å². The number of carbonyl (C=O) groups is 1. The summed E-state index contributed by atoms with van der Waals surface area (Å²) in [5.74, 6) is 0.768. The monoisotopic (exact) mass is 449 g/mol. The van der Waals surface area contributed by atoms with Gasteiger partial charge in [0.1, 0.15) is 4.88 Å². The third-order valence-corrected chi connectivity index (χ3v) is 7.47. The van der Waals surface area contributed by atoms with E-state index < -0.39 is 0 Å². The molecule has 2 heterocycles. The predicted octanol–water partition coefficient (Wildman–Crippen LogP) is 5.59. The highest BCUT2D eigenvalue weighted by molar-refractivity contribution is 8.00. The molecule has 1 aliphatic rings. The third kappa shape index (κ3) is 6.23. The highest BCUT2D eigenvalue weighted by Crippen LogP contribution is 2.34. The molecular formula is C23H31NO4S2. The molecule has 0 aliphatic carbocycles. The molecule has 1 saturated heterocycles. The van der Waals surface area contributed by atoms with Gasteiger partial charge in [-0.15, -0.1) is 11.3 Å². The van der Waals surface area contributed by atoms with Gasteiger partial charge in [0.25, 0.3) is 0 Å². The Balaban J connectivity index is 1.50. The molecule has 1 fully saturated rings. The Labute approximate surface area is 187 Å². The lowest BCUT2D eigenvalue weighted by atomic mass is 10.0. The van der Waals surface area contributed by atoms with Crippen LogP contribution in [0.1, 0.15) is 65.2 Å². The van der Waals surface area contributed by atoms with Gasteiger partial charge >= 0.3 is 5.97 Å². The van der Waals surface area contributed by atoms with E-state index in [-0.39, 0.29) is 12.1 Å². The van der Waals surface area contributed by atoms with Crippen LogP contribution in [-0.4, -0.2) is 36.6 Å². The van der Waals surface area contributed by atoms with E-state index in [0.29, 0.717) is 24.1 Å². The van der Waals surface area contributed by atoms with Crippen LogP contribution in [0.4, 0.5) is 5.69 Å². The van der Waals surface area contributed by atoms with Crippen LogP contribution in [0.2, 0.25) is 0 Å². The first-order chi connectivity index (χ1) is 14.6. The van der Waals surface area contributed by atoms with Gasteiger partial charge in [-0.3, -0.25) is 0 Å². The van der Waals surface area contributed by atoms with E-state index in [4.69, 9.17) is 9.47 Å². The number of nitrogens with zero attached hydrogens (tertiary/aromatic N) is 1. The fourth-order valence-electron chi connectivity index (χ4n) is 3.51. The SMILES string of the molecule is CCCCCC(O)c1ccc(N2SCCC2COCc2ccc(C(=O)OC)s2)cc1. The first kappa shape index (κ1) is 23.1. The lowest BCUT2D eigenvalue weighted by Gasteiger charge is -2.25. The molecule has 30 heavy (non-hydrogen) atoms. The number of ether oxygens (including phenoxy) is 2. The number of aliphatic hydroxyl groups excluding tert-OH is 1. The zero-order valence-corrected chi connectivity index (χ0v) is 19.3. The number of rotatable bonds is 11. The van der Waals surface area contributed by atoms with Gasteiger partial charge in [0.15, 0.2) is 0 Å². The van der Waals surface area contributed by atoms with Gasteiger partial charge in [0, 0.05) is 16.3 Å². The Bertz CT molecular complexity index is 793. The number of unbranched alkanes of at least 4 members (excludes halogenated alkanes) is 2. The van der Waals surface area contributed by atoms with Crippen molar-refractivity contribution in [2.45, 2.75) is 57.8 Å². The second kappa shape index (κ2) is 11.7. The van der Waals surface area contributed by atoms with E-state index in [1.165, 1.54) is 24.9 Å². The van der Waals surface area contributed by atoms with Crippen LogP contribution in [0.25, 0.3) is 0 Å². The summed E-state index contributed by atoms with van der Waals surface area (Å²) in [7, 11) is 1.39. The number of aliphatic hydroxyl groups is 1. The number of anilines is 1. The molecule has 0 amide bonds. The Kier molecular flexibility index (Phi) is 9.05.